The predicted octanol–water partition coefficient (Wildman–Crippen LogP) is 5.54. The Balaban J connectivity index is 1.90. The molecule has 1 fully saturated rings. The second kappa shape index (κ2) is 9.93. The van der Waals surface area contributed by atoms with Crippen LogP contribution in [-0.4, -0.2) is 33.3 Å². The molecule has 1 aliphatic heterocycles. The fourth-order valence-corrected chi connectivity index (χ4v) is 4.43. The first kappa shape index (κ1) is 25.1. The highest BCUT2D eigenvalue weighted by atomic mass is 19.1. The van der Waals surface area contributed by atoms with Crippen molar-refractivity contribution in [2.24, 2.45) is 0 Å². The monoisotopic (exact) mass is 488 g/mol. The molecule has 0 aliphatic carbocycles. The van der Waals surface area contributed by atoms with Crippen LogP contribution in [0.4, 0.5) is 4.39 Å². The molecule has 0 spiro atoms. The second-order valence-electron chi connectivity index (χ2n) is 9.66. The zero-order valence-electron chi connectivity index (χ0n) is 20.8. The van der Waals surface area contributed by atoms with Crippen LogP contribution in [0, 0.1) is 5.82 Å². The number of hydrogen-bond acceptors (Lipinski definition) is 5. The number of nitrogens with zero attached hydrogens (tertiary/aromatic N) is 2. The van der Waals surface area contributed by atoms with E-state index < -0.39 is 23.5 Å². The van der Waals surface area contributed by atoms with Crippen molar-refractivity contribution < 1.29 is 23.8 Å². The van der Waals surface area contributed by atoms with Crippen LogP contribution in [0.15, 0.2) is 72.4 Å². The average Bonchev–Trinajstić information content (AvgIpc) is 3.09. The summed E-state index contributed by atoms with van der Waals surface area (Å²) in [5.41, 5.74) is 1.36. The number of likely N-dealkylation sites (tertiary alicyclic amines) is 1. The van der Waals surface area contributed by atoms with Crippen molar-refractivity contribution >= 4 is 17.4 Å². The number of amides is 1. The summed E-state index contributed by atoms with van der Waals surface area (Å²) < 4.78 is 20.8. The van der Waals surface area contributed by atoms with Gasteiger partial charge in [-0.05, 0) is 48.7 Å². The summed E-state index contributed by atoms with van der Waals surface area (Å²) in [6, 6.07) is 15.2. The number of carbonyl (C=O) groups is 2. The summed E-state index contributed by atoms with van der Waals surface area (Å²) in [5.74, 6) is -1.97. The minimum absolute atomic E-state index is 0.0162. The van der Waals surface area contributed by atoms with Crippen molar-refractivity contribution in [3.05, 3.63) is 101 Å². The zero-order chi connectivity index (χ0) is 26.0. The smallest absolute Gasteiger partial charge is 0.296 e. The SMILES string of the molecule is CCOc1ccc(/C(O)=C2\C(=O)C(=O)N(Cc3ccccn3)C2c2ccccc2F)cc1C(C)(C)C. The predicted molar refractivity (Wildman–Crippen MR) is 135 cm³/mol. The Labute approximate surface area is 210 Å². The molecule has 0 saturated carbocycles. The van der Waals surface area contributed by atoms with Gasteiger partial charge in [0.25, 0.3) is 11.7 Å². The minimum atomic E-state index is -1.11. The van der Waals surface area contributed by atoms with E-state index in [-0.39, 0.29) is 28.9 Å². The number of ether oxygens (including phenoxy) is 1. The lowest BCUT2D eigenvalue weighted by Crippen LogP contribution is -2.30. The number of rotatable bonds is 6. The Morgan fingerprint density at radius 2 is 1.81 bits per heavy atom. The molecular formula is C29H29FN2O4. The fraction of sp³-hybridized carbons (Fsp3) is 0.276. The standard InChI is InChI=1S/C29H29FN2O4/c1-5-36-23-14-13-18(16-21(23)29(2,3)4)26(33)24-25(20-11-6-7-12-22(20)30)32(28(35)27(24)34)17-19-10-8-9-15-31-19/h6-16,25,33H,5,17H2,1-4H3/b26-24+. The minimum Gasteiger partial charge on any atom is -0.507 e. The summed E-state index contributed by atoms with van der Waals surface area (Å²) in [6.45, 7) is 8.38. The molecule has 2 heterocycles. The number of aliphatic hydroxyl groups excluding tert-OH is 1. The molecule has 2 aromatic carbocycles. The highest BCUT2D eigenvalue weighted by Gasteiger charge is 2.47. The van der Waals surface area contributed by atoms with Crippen LogP contribution in [0.25, 0.3) is 5.76 Å². The molecule has 7 heteroatoms. The molecule has 1 unspecified atom stereocenters. The number of aromatic nitrogens is 1. The van der Waals surface area contributed by atoms with Crippen molar-refractivity contribution in [2.75, 3.05) is 6.61 Å². The summed E-state index contributed by atoms with van der Waals surface area (Å²) in [7, 11) is 0. The maximum absolute atomic E-state index is 15.0. The van der Waals surface area contributed by atoms with Gasteiger partial charge in [-0.3, -0.25) is 14.6 Å². The van der Waals surface area contributed by atoms with Crippen LogP contribution in [-0.2, 0) is 21.5 Å². The largest absolute Gasteiger partial charge is 0.507 e. The van der Waals surface area contributed by atoms with Gasteiger partial charge in [0.2, 0.25) is 0 Å². The third kappa shape index (κ3) is 4.73. The Morgan fingerprint density at radius 1 is 1.08 bits per heavy atom. The van der Waals surface area contributed by atoms with Crippen LogP contribution < -0.4 is 4.74 Å². The quantitative estimate of drug-likeness (QED) is 0.280. The van der Waals surface area contributed by atoms with E-state index >= 15 is 4.39 Å². The maximum atomic E-state index is 15.0. The van der Waals surface area contributed by atoms with Crippen molar-refractivity contribution in [2.45, 2.75) is 45.7 Å². The molecule has 1 atom stereocenters. The Kier molecular flexibility index (Phi) is 6.93. The number of benzene rings is 2. The van der Waals surface area contributed by atoms with Crippen LogP contribution in [0.1, 0.15) is 56.1 Å². The van der Waals surface area contributed by atoms with E-state index in [9.17, 15) is 14.7 Å². The molecule has 186 valence electrons. The Bertz CT molecular complexity index is 1330. The van der Waals surface area contributed by atoms with Crippen molar-refractivity contribution in [3.8, 4) is 5.75 Å². The van der Waals surface area contributed by atoms with Crippen LogP contribution in [0.5, 0.6) is 5.75 Å². The summed E-state index contributed by atoms with van der Waals surface area (Å²) >= 11 is 0. The third-order valence-corrected chi connectivity index (χ3v) is 6.16. The van der Waals surface area contributed by atoms with Gasteiger partial charge in [0.1, 0.15) is 17.3 Å². The van der Waals surface area contributed by atoms with Gasteiger partial charge in [0, 0.05) is 22.9 Å². The summed E-state index contributed by atoms with van der Waals surface area (Å²) in [4.78, 5) is 32.0. The normalized spacial score (nSPS) is 17.5. The molecule has 4 rings (SSSR count). The Hall–Kier alpha value is -4.00. The van der Waals surface area contributed by atoms with Crippen LogP contribution in [0.2, 0.25) is 0 Å². The zero-order valence-corrected chi connectivity index (χ0v) is 20.8. The third-order valence-electron chi connectivity index (χ3n) is 6.16. The molecule has 1 saturated heterocycles. The lowest BCUT2D eigenvalue weighted by molar-refractivity contribution is -0.140. The second-order valence-corrected chi connectivity index (χ2v) is 9.66. The fourth-order valence-electron chi connectivity index (χ4n) is 4.43. The molecule has 1 N–H and O–H groups in total. The van der Waals surface area contributed by atoms with E-state index in [0.717, 1.165) is 5.56 Å². The number of Topliss-reactive ketones (excluding diaryl/α,β-unsaturated/α-hetero) is 1. The van der Waals surface area contributed by atoms with Gasteiger partial charge < -0.3 is 14.7 Å². The van der Waals surface area contributed by atoms with E-state index in [4.69, 9.17) is 4.74 Å². The van der Waals surface area contributed by atoms with Gasteiger partial charge in [-0.15, -0.1) is 0 Å². The Morgan fingerprint density at radius 3 is 2.44 bits per heavy atom. The van der Waals surface area contributed by atoms with E-state index in [1.807, 2.05) is 27.7 Å². The summed E-state index contributed by atoms with van der Waals surface area (Å²) in [5, 5.41) is 11.4. The number of hydrogen-bond donors (Lipinski definition) is 1. The van der Waals surface area contributed by atoms with Crippen LogP contribution >= 0.6 is 0 Å². The van der Waals surface area contributed by atoms with Crippen molar-refractivity contribution in [1.29, 1.82) is 0 Å². The average molecular weight is 489 g/mol. The van der Waals surface area contributed by atoms with Crippen LogP contribution in [0.3, 0.4) is 0 Å². The summed E-state index contributed by atoms with van der Waals surface area (Å²) in [6.07, 6.45) is 1.58. The molecule has 6 nitrogen and oxygen atoms in total. The molecule has 0 radical (unpaired) electrons. The van der Waals surface area contributed by atoms with Crippen molar-refractivity contribution in [3.63, 3.8) is 0 Å². The molecular weight excluding hydrogens is 459 g/mol. The molecule has 1 aromatic heterocycles. The topological polar surface area (TPSA) is 79.7 Å². The number of aliphatic hydroxyl groups is 1. The van der Waals surface area contributed by atoms with E-state index in [1.165, 1.54) is 23.1 Å². The molecule has 36 heavy (non-hydrogen) atoms. The molecule has 1 amide bonds. The highest BCUT2D eigenvalue weighted by molar-refractivity contribution is 6.46. The van der Waals surface area contributed by atoms with E-state index in [0.29, 0.717) is 23.6 Å². The first-order valence-corrected chi connectivity index (χ1v) is 11.8. The van der Waals surface area contributed by atoms with Gasteiger partial charge in [-0.1, -0.05) is 45.0 Å². The molecule has 1 aliphatic rings. The van der Waals surface area contributed by atoms with Gasteiger partial charge in [0.15, 0.2) is 0 Å². The molecule has 0 bridgehead atoms. The number of ketones is 1. The number of halogens is 1. The lowest BCUT2D eigenvalue weighted by Gasteiger charge is -2.26. The van der Waals surface area contributed by atoms with Gasteiger partial charge >= 0.3 is 0 Å². The lowest BCUT2D eigenvalue weighted by atomic mass is 9.84. The van der Waals surface area contributed by atoms with E-state index in [2.05, 4.69) is 4.98 Å². The van der Waals surface area contributed by atoms with Gasteiger partial charge in [-0.2, -0.15) is 0 Å². The van der Waals surface area contributed by atoms with E-state index in [1.54, 1.807) is 48.7 Å². The van der Waals surface area contributed by atoms with Gasteiger partial charge in [0.05, 0.1) is 30.5 Å². The first-order valence-electron chi connectivity index (χ1n) is 11.8. The number of pyridine rings is 1. The van der Waals surface area contributed by atoms with Crippen molar-refractivity contribution in [1.82, 2.24) is 9.88 Å². The molecule has 3 aromatic rings. The first-order chi connectivity index (χ1) is 17.1. The van der Waals surface area contributed by atoms with Gasteiger partial charge in [-0.25, -0.2) is 4.39 Å². The highest BCUT2D eigenvalue weighted by Crippen LogP contribution is 2.42. The number of carbonyl (C=O) groups excluding carboxylic acids is 2. The maximum Gasteiger partial charge on any atom is 0.296 e.